The number of aliphatic hydroxyl groups is 2. The van der Waals surface area contributed by atoms with Gasteiger partial charge >= 0.3 is 28.9 Å². The maximum atomic E-state index is 12.3. The number of nitrogens with zero attached hydrogens (tertiary/aromatic N) is 9. The fourth-order valence-electron chi connectivity index (χ4n) is 6.07. The van der Waals surface area contributed by atoms with E-state index in [4.69, 9.17) is 35.9 Å². The van der Waals surface area contributed by atoms with Gasteiger partial charge < -0.3 is 64.0 Å². The zero-order valence-corrected chi connectivity index (χ0v) is 41.9. The monoisotopic (exact) mass is 1040 g/mol. The van der Waals surface area contributed by atoms with Gasteiger partial charge in [-0.2, -0.15) is 10.5 Å². The van der Waals surface area contributed by atoms with E-state index in [0.29, 0.717) is 39.3 Å². The van der Waals surface area contributed by atoms with E-state index in [1.807, 2.05) is 13.8 Å². The fourth-order valence-corrected chi connectivity index (χ4v) is 6.07. The number of ether oxygens (including phenoxy) is 4. The summed E-state index contributed by atoms with van der Waals surface area (Å²) in [5.74, 6) is -6.29. The first-order valence-electron chi connectivity index (χ1n) is 21.5. The molecule has 398 valence electrons. The molecule has 0 aliphatic rings. The van der Waals surface area contributed by atoms with E-state index in [1.165, 1.54) is 44.3 Å². The summed E-state index contributed by atoms with van der Waals surface area (Å²) >= 11 is 0. The molecule has 74 heavy (non-hydrogen) atoms. The van der Waals surface area contributed by atoms with Crippen LogP contribution in [0.25, 0.3) is 16.4 Å². The Kier molecular flexibility index (Phi) is 27.1. The molecule has 0 aromatic heterocycles. The van der Waals surface area contributed by atoms with Crippen LogP contribution in [0.4, 0.5) is 17.1 Å². The molecule has 0 spiro atoms. The van der Waals surface area contributed by atoms with Crippen molar-refractivity contribution in [2.24, 2.45) is 0 Å². The molecule has 0 aliphatic heterocycles. The number of aromatic hydroxyl groups is 2. The fraction of sp³-hybridized carbons (Fsp3) is 0.370. The van der Waals surface area contributed by atoms with Crippen LogP contribution in [0.1, 0.15) is 63.0 Å². The Bertz CT molecular complexity index is 2740. The number of amides is 3. The number of aliphatic hydroxyl groups excluding tert-OH is 2. The normalized spacial score (nSPS) is 10.5. The lowest BCUT2D eigenvalue weighted by Crippen LogP contribution is -2.31. The lowest BCUT2D eigenvalue weighted by molar-refractivity contribution is -0.386. The van der Waals surface area contributed by atoms with Gasteiger partial charge in [-0.1, -0.05) is 0 Å². The van der Waals surface area contributed by atoms with E-state index in [1.54, 1.807) is 44.7 Å². The summed E-state index contributed by atoms with van der Waals surface area (Å²) in [4.78, 5) is 83.8. The quantitative estimate of drug-likeness (QED) is 0.0174. The van der Waals surface area contributed by atoms with Gasteiger partial charge in [0.25, 0.3) is 18.4 Å². The van der Waals surface area contributed by atoms with E-state index in [9.17, 15) is 75.2 Å². The van der Waals surface area contributed by atoms with Crippen molar-refractivity contribution in [2.75, 3.05) is 74.3 Å². The predicted octanol–water partition coefficient (Wildman–Crippen LogP) is 6.02. The third-order valence-corrected chi connectivity index (χ3v) is 9.93. The summed E-state index contributed by atoms with van der Waals surface area (Å²) in [6.07, 6.45) is 0. The Balaban J connectivity index is 0.00000101. The van der Waals surface area contributed by atoms with Gasteiger partial charge in [0, 0.05) is 68.6 Å². The van der Waals surface area contributed by atoms with Crippen LogP contribution < -0.4 is 18.9 Å². The van der Waals surface area contributed by atoms with Gasteiger partial charge in [-0.25, -0.2) is 11.4 Å². The highest BCUT2D eigenvalue weighted by molar-refractivity contribution is 6.04. The van der Waals surface area contributed by atoms with Crippen LogP contribution in [-0.4, -0.2) is 153 Å². The molecule has 28 nitrogen and oxygen atoms in total. The molecule has 3 aromatic carbocycles. The van der Waals surface area contributed by atoms with Crippen molar-refractivity contribution in [2.45, 2.75) is 41.5 Å². The van der Waals surface area contributed by atoms with Crippen LogP contribution in [0, 0.1) is 59.6 Å². The first kappa shape index (κ1) is 64.1. The predicted molar refractivity (Wildman–Crippen MR) is 261 cm³/mol. The second-order valence-electron chi connectivity index (χ2n) is 13.9. The number of hydrogen-bond donors (Lipinski definition) is 5. The van der Waals surface area contributed by atoms with Gasteiger partial charge in [0.1, 0.15) is 23.7 Å². The van der Waals surface area contributed by atoms with Gasteiger partial charge in [0.15, 0.2) is 28.4 Å². The van der Waals surface area contributed by atoms with Crippen LogP contribution in [0.3, 0.4) is 0 Å². The molecule has 28 heteroatoms. The van der Waals surface area contributed by atoms with Crippen molar-refractivity contribution in [1.29, 1.82) is 10.5 Å². The standard InChI is InChI=1S/C16H19N3O6.C14H15N3O6.C9H9NO6.C7H12N2O/c1-5-18(6-2)16(21)11(9-17)14(20)10-7-12(19(22)23)15(25-4)13(8-10)24-3;1-3-16(4-2)14(21)9(7-15)12(19)8-5-10(17(22)23)13(20)11(18)6-8;1-15-7-4-5(9(11)12)3-6(10(13)14)8(7)16-2;1-4-9(5-2)7(10)6-8-3/h7-8,20H,5-6H2,1-4H3;5-6,18-20H,3-4H2,1-2H3;3-4H,1-2H3,(H,11,12);4-6H2,1-2H3/b14-11-;12-9-;;. The second kappa shape index (κ2) is 31.3. The minimum absolute atomic E-state index is 0.00843. The summed E-state index contributed by atoms with van der Waals surface area (Å²) in [6.45, 7) is 19.8. The Hall–Kier alpha value is -9.91. The average molecular weight is 1040 g/mol. The van der Waals surface area contributed by atoms with Gasteiger partial charge in [-0.3, -0.25) is 44.7 Å². The first-order valence-corrected chi connectivity index (χ1v) is 21.5. The SMILES string of the molecule is CCN(CC)C(=O)/C(C#N)=C(\O)c1cc(O)c(O)c([N+](=O)[O-])c1.CCN(CC)C(=O)/C(C#N)=C(\O)c1cc(OC)c(OC)c([N+](=O)[O-])c1.COc1cc(C(=O)O)cc([N+](=O)[O-])c1OC.[C-]#[N+]CC(=O)N(CC)CC. The molecule has 0 saturated carbocycles. The summed E-state index contributed by atoms with van der Waals surface area (Å²) in [7, 11) is 5.03. The van der Waals surface area contributed by atoms with Crippen molar-refractivity contribution < 1.29 is 78.4 Å². The zero-order valence-electron chi connectivity index (χ0n) is 41.9. The average Bonchev–Trinajstić information content (AvgIpc) is 3.37. The van der Waals surface area contributed by atoms with Gasteiger partial charge in [0.05, 0.1) is 48.8 Å². The molecule has 0 atom stereocenters. The molecule has 3 aromatic rings. The molecule has 0 unspecified atom stereocenters. The number of likely N-dealkylation sites (N-methyl/N-ethyl adjacent to an activating group) is 3. The number of benzene rings is 3. The molecular weight excluding hydrogens is 983 g/mol. The highest BCUT2D eigenvalue weighted by Crippen LogP contribution is 2.41. The molecule has 0 aliphatic carbocycles. The Morgan fingerprint density at radius 2 is 0.919 bits per heavy atom. The summed E-state index contributed by atoms with van der Waals surface area (Å²) in [5.41, 5.74) is -3.55. The van der Waals surface area contributed by atoms with E-state index in [-0.39, 0.29) is 52.1 Å². The molecule has 3 amide bonds. The van der Waals surface area contributed by atoms with E-state index in [0.717, 1.165) is 30.3 Å². The molecular formula is C46H55N9O19. The number of nitro benzene ring substituents is 3. The third kappa shape index (κ3) is 16.9. The van der Waals surface area contributed by atoms with Crippen LogP contribution in [0.5, 0.6) is 34.5 Å². The number of rotatable bonds is 19. The number of carboxylic acids is 1. The largest absolute Gasteiger partial charge is 0.506 e. The van der Waals surface area contributed by atoms with Crippen LogP contribution in [0.15, 0.2) is 47.5 Å². The Morgan fingerprint density at radius 1 is 0.581 bits per heavy atom. The van der Waals surface area contributed by atoms with E-state index in [2.05, 4.69) is 4.85 Å². The number of nitro groups is 3. The molecule has 0 bridgehead atoms. The van der Waals surface area contributed by atoms with Crippen LogP contribution in [-0.2, 0) is 14.4 Å². The minimum atomic E-state index is -1.27. The molecule has 0 heterocycles. The maximum absolute atomic E-state index is 12.3. The molecule has 0 saturated heterocycles. The topological polar surface area (TPSA) is 397 Å². The van der Waals surface area contributed by atoms with Crippen molar-refractivity contribution in [3.8, 4) is 46.6 Å². The van der Waals surface area contributed by atoms with Crippen LogP contribution >= 0.6 is 0 Å². The summed E-state index contributed by atoms with van der Waals surface area (Å²) < 4.78 is 19.6. The summed E-state index contributed by atoms with van der Waals surface area (Å²) in [5, 5.41) is 99.3. The Morgan fingerprint density at radius 3 is 1.22 bits per heavy atom. The zero-order chi connectivity index (χ0) is 57.2. The maximum Gasteiger partial charge on any atom is 0.336 e. The molecule has 0 radical (unpaired) electrons. The smallest absolute Gasteiger partial charge is 0.336 e. The number of phenolic OH excluding ortho intramolecular Hbond substituents is 2. The number of aromatic carboxylic acids is 1. The minimum Gasteiger partial charge on any atom is -0.506 e. The van der Waals surface area contributed by atoms with Gasteiger partial charge in [-0.05, 0) is 59.7 Å². The van der Waals surface area contributed by atoms with Crippen molar-refractivity contribution >= 4 is 52.3 Å². The number of carbonyl (C=O) groups excluding carboxylic acids is 3. The lowest BCUT2D eigenvalue weighted by Gasteiger charge is -2.18. The third-order valence-electron chi connectivity index (χ3n) is 9.93. The highest BCUT2D eigenvalue weighted by atomic mass is 16.6. The second-order valence-corrected chi connectivity index (χ2v) is 13.9. The Labute approximate surface area is 423 Å². The molecule has 5 N–H and O–H groups in total. The van der Waals surface area contributed by atoms with E-state index < -0.39 is 83.8 Å². The van der Waals surface area contributed by atoms with Crippen molar-refractivity contribution in [3.05, 3.63) is 106 Å². The number of nitriles is 2. The van der Waals surface area contributed by atoms with E-state index >= 15 is 0 Å². The number of carboxylic acid groups (broad SMARTS) is 1. The number of methoxy groups -OCH3 is 4. The molecule has 3 rings (SSSR count). The van der Waals surface area contributed by atoms with Gasteiger partial charge in [0.2, 0.25) is 17.2 Å². The lowest BCUT2D eigenvalue weighted by atomic mass is 10.1. The van der Waals surface area contributed by atoms with Crippen molar-refractivity contribution in [3.63, 3.8) is 0 Å². The summed E-state index contributed by atoms with van der Waals surface area (Å²) in [6, 6.07) is 9.16. The molecule has 0 fully saturated rings. The number of carbonyl (C=O) groups is 4. The van der Waals surface area contributed by atoms with Crippen LogP contribution in [0.2, 0.25) is 0 Å². The first-order chi connectivity index (χ1) is 34.9. The number of phenols is 2. The highest BCUT2D eigenvalue weighted by Gasteiger charge is 2.28. The van der Waals surface area contributed by atoms with Gasteiger partial charge in [-0.15, -0.1) is 0 Å². The number of hydrogen-bond acceptors (Lipinski definition) is 20. The van der Waals surface area contributed by atoms with Crippen molar-refractivity contribution in [1.82, 2.24) is 14.7 Å².